The number of hydrogen-bond donors (Lipinski definition) is 0. The fraction of sp³-hybridized carbons (Fsp3) is 0.129. The first-order chi connectivity index (χ1) is 19.7. The molecule has 0 amide bonds. The highest BCUT2D eigenvalue weighted by molar-refractivity contribution is 5.95. The van der Waals surface area contributed by atoms with Crippen molar-refractivity contribution in [2.75, 3.05) is 25.6 Å². The molecular weight excluding hydrogens is 529 g/mol. The number of anilines is 1. The fourth-order valence-electron chi connectivity index (χ4n) is 3.51. The topological polar surface area (TPSA) is 107 Å². The number of hydrogen-bond acceptors (Lipinski definition) is 9. The van der Waals surface area contributed by atoms with Gasteiger partial charge in [-0.25, -0.2) is 18.8 Å². The molecule has 10 heteroatoms. The molecule has 0 unspecified atom stereocenters. The van der Waals surface area contributed by atoms with E-state index in [0.717, 1.165) is 11.8 Å². The number of ether oxygens (including phenoxy) is 3. The van der Waals surface area contributed by atoms with Crippen molar-refractivity contribution in [3.8, 4) is 11.5 Å². The minimum Gasteiger partial charge on any atom is -0.462 e. The monoisotopic (exact) mass is 555 g/mol. The van der Waals surface area contributed by atoms with Gasteiger partial charge in [0.05, 0.1) is 29.0 Å². The zero-order chi connectivity index (χ0) is 29.4. The SMILES string of the molecule is CCOC(=O)c1ccc(OC(=O)c2ccc(C(=O)Oc3ccc(N=Nc4ccc(N(C)C)cc4)c(F)c3)cc2)cc1. The van der Waals surface area contributed by atoms with Gasteiger partial charge in [-0.1, -0.05) is 0 Å². The number of nitrogens with zero attached hydrogens (tertiary/aromatic N) is 3. The number of carbonyl (C=O) groups excluding carboxylic acids is 3. The van der Waals surface area contributed by atoms with Crippen molar-refractivity contribution in [3.63, 3.8) is 0 Å². The molecule has 0 aliphatic carbocycles. The Labute approximate surface area is 235 Å². The fourth-order valence-corrected chi connectivity index (χ4v) is 3.51. The zero-order valence-corrected chi connectivity index (χ0v) is 22.5. The molecule has 0 fully saturated rings. The first-order valence-electron chi connectivity index (χ1n) is 12.5. The second-order valence-corrected chi connectivity index (χ2v) is 8.83. The summed E-state index contributed by atoms with van der Waals surface area (Å²) in [6.07, 6.45) is 0. The molecule has 0 saturated heterocycles. The highest BCUT2D eigenvalue weighted by atomic mass is 19.1. The maximum atomic E-state index is 14.6. The average Bonchev–Trinajstić information content (AvgIpc) is 2.97. The maximum absolute atomic E-state index is 14.6. The summed E-state index contributed by atoms with van der Waals surface area (Å²) >= 11 is 0. The molecule has 0 saturated carbocycles. The first-order valence-corrected chi connectivity index (χ1v) is 12.5. The quantitative estimate of drug-likeness (QED) is 0.125. The molecule has 0 aliphatic heterocycles. The molecular formula is C31H26FN3O6. The largest absolute Gasteiger partial charge is 0.462 e. The number of benzene rings is 4. The predicted molar refractivity (Wildman–Crippen MR) is 150 cm³/mol. The molecule has 41 heavy (non-hydrogen) atoms. The second kappa shape index (κ2) is 13.1. The molecule has 9 nitrogen and oxygen atoms in total. The Balaban J connectivity index is 1.34. The van der Waals surface area contributed by atoms with Crippen LogP contribution in [0.4, 0.5) is 21.5 Å². The molecule has 0 atom stereocenters. The summed E-state index contributed by atoms with van der Waals surface area (Å²) in [5.74, 6) is -2.37. The van der Waals surface area contributed by atoms with Crippen LogP contribution in [0.5, 0.6) is 11.5 Å². The Bertz CT molecular complexity index is 1570. The van der Waals surface area contributed by atoms with E-state index in [2.05, 4.69) is 10.2 Å². The van der Waals surface area contributed by atoms with Gasteiger partial charge in [0.25, 0.3) is 0 Å². The smallest absolute Gasteiger partial charge is 0.343 e. The molecule has 4 aromatic carbocycles. The van der Waals surface area contributed by atoms with Crippen LogP contribution in [-0.4, -0.2) is 38.6 Å². The number of carbonyl (C=O) groups is 3. The van der Waals surface area contributed by atoms with Gasteiger partial charge in [0.15, 0.2) is 5.82 Å². The van der Waals surface area contributed by atoms with Gasteiger partial charge in [0.1, 0.15) is 17.2 Å². The molecule has 4 rings (SSSR count). The molecule has 0 N–H and O–H groups in total. The summed E-state index contributed by atoms with van der Waals surface area (Å²) in [5.41, 5.74) is 2.21. The summed E-state index contributed by atoms with van der Waals surface area (Å²) in [6.45, 7) is 1.96. The lowest BCUT2D eigenvalue weighted by molar-refractivity contribution is 0.0526. The van der Waals surface area contributed by atoms with Crippen LogP contribution in [0.3, 0.4) is 0 Å². The third-order valence-corrected chi connectivity index (χ3v) is 5.70. The van der Waals surface area contributed by atoms with E-state index in [-0.39, 0.29) is 34.9 Å². The zero-order valence-electron chi connectivity index (χ0n) is 22.5. The highest BCUT2D eigenvalue weighted by Crippen LogP contribution is 2.27. The van der Waals surface area contributed by atoms with Gasteiger partial charge in [-0.15, -0.1) is 5.11 Å². The second-order valence-electron chi connectivity index (χ2n) is 8.83. The minimum absolute atomic E-state index is 0.0140. The van der Waals surface area contributed by atoms with Crippen molar-refractivity contribution in [3.05, 3.63) is 114 Å². The Morgan fingerprint density at radius 1 is 0.683 bits per heavy atom. The van der Waals surface area contributed by atoms with Crippen molar-refractivity contribution < 1.29 is 33.0 Å². The van der Waals surface area contributed by atoms with E-state index in [9.17, 15) is 18.8 Å². The predicted octanol–water partition coefficient (Wildman–Crippen LogP) is 6.92. The molecule has 0 heterocycles. The van der Waals surface area contributed by atoms with Gasteiger partial charge in [-0.3, -0.25) is 0 Å². The van der Waals surface area contributed by atoms with Crippen LogP contribution in [0.15, 0.2) is 101 Å². The van der Waals surface area contributed by atoms with Crippen LogP contribution in [0.2, 0.25) is 0 Å². The lowest BCUT2D eigenvalue weighted by Gasteiger charge is -2.11. The number of halogens is 1. The third kappa shape index (κ3) is 7.60. The van der Waals surface area contributed by atoms with Crippen molar-refractivity contribution in [2.45, 2.75) is 6.92 Å². The van der Waals surface area contributed by atoms with Crippen LogP contribution in [-0.2, 0) is 4.74 Å². The number of esters is 3. The summed E-state index contributed by atoms with van der Waals surface area (Å²) < 4.78 is 30.1. The van der Waals surface area contributed by atoms with Crippen molar-refractivity contribution >= 4 is 35.0 Å². The Hall–Kier alpha value is -5.38. The van der Waals surface area contributed by atoms with Gasteiger partial charge in [0.2, 0.25) is 0 Å². The summed E-state index contributed by atoms with van der Waals surface area (Å²) in [4.78, 5) is 38.7. The molecule has 208 valence electrons. The maximum Gasteiger partial charge on any atom is 0.343 e. The van der Waals surface area contributed by atoms with Crippen LogP contribution < -0.4 is 14.4 Å². The summed E-state index contributed by atoms with van der Waals surface area (Å²) in [5, 5.41) is 7.98. The molecule has 0 spiro atoms. The van der Waals surface area contributed by atoms with Crippen LogP contribution in [0.25, 0.3) is 0 Å². The molecule has 0 radical (unpaired) electrons. The molecule has 0 aromatic heterocycles. The molecule has 4 aromatic rings. The van der Waals surface area contributed by atoms with Gasteiger partial charge in [0, 0.05) is 25.8 Å². The van der Waals surface area contributed by atoms with Gasteiger partial charge in [-0.05, 0) is 91.9 Å². The van der Waals surface area contributed by atoms with E-state index < -0.39 is 23.7 Å². The van der Waals surface area contributed by atoms with E-state index in [0.29, 0.717) is 11.3 Å². The van der Waals surface area contributed by atoms with Crippen molar-refractivity contribution in [1.82, 2.24) is 0 Å². The summed E-state index contributed by atoms with van der Waals surface area (Å²) in [6, 6.07) is 22.6. The van der Waals surface area contributed by atoms with Gasteiger partial charge in [-0.2, -0.15) is 5.11 Å². The normalized spacial score (nSPS) is 10.7. The van der Waals surface area contributed by atoms with Gasteiger partial charge < -0.3 is 19.1 Å². The number of azo groups is 1. The first kappa shape index (κ1) is 28.6. The van der Waals surface area contributed by atoms with Crippen molar-refractivity contribution in [1.29, 1.82) is 0 Å². The lowest BCUT2D eigenvalue weighted by atomic mass is 10.1. The van der Waals surface area contributed by atoms with E-state index in [1.807, 2.05) is 31.1 Å². The van der Waals surface area contributed by atoms with Crippen LogP contribution in [0, 0.1) is 5.82 Å². The van der Waals surface area contributed by atoms with Crippen molar-refractivity contribution in [2.24, 2.45) is 10.2 Å². The average molecular weight is 556 g/mol. The summed E-state index contributed by atoms with van der Waals surface area (Å²) in [7, 11) is 3.84. The highest BCUT2D eigenvalue weighted by Gasteiger charge is 2.14. The number of rotatable bonds is 9. The Morgan fingerprint density at radius 3 is 1.73 bits per heavy atom. The van der Waals surface area contributed by atoms with Crippen LogP contribution >= 0.6 is 0 Å². The van der Waals surface area contributed by atoms with E-state index in [1.54, 1.807) is 19.1 Å². The van der Waals surface area contributed by atoms with E-state index >= 15 is 0 Å². The molecule has 0 bridgehead atoms. The van der Waals surface area contributed by atoms with Gasteiger partial charge >= 0.3 is 17.9 Å². The van der Waals surface area contributed by atoms with E-state index in [4.69, 9.17) is 14.2 Å². The van der Waals surface area contributed by atoms with E-state index in [1.165, 1.54) is 60.7 Å². The molecule has 0 aliphatic rings. The lowest BCUT2D eigenvalue weighted by Crippen LogP contribution is -2.11. The third-order valence-electron chi connectivity index (χ3n) is 5.70. The Morgan fingerprint density at radius 2 is 1.20 bits per heavy atom. The standard InChI is InChI=1S/C31H26FN3O6/c1-4-39-29(36)20-9-15-25(16-10-20)40-30(37)21-5-7-22(8-6-21)31(38)41-26-17-18-28(27(32)19-26)34-33-23-11-13-24(14-12-23)35(2)3/h5-19H,4H2,1-3H3. The van der Waals surface area contributed by atoms with Crippen LogP contribution in [0.1, 0.15) is 38.0 Å². The Kier molecular flexibility index (Phi) is 9.16. The minimum atomic E-state index is -0.741.